The van der Waals surface area contributed by atoms with Crippen molar-refractivity contribution < 1.29 is 0 Å². The van der Waals surface area contributed by atoms with Gasteiger partial charge < -0.3 is 10.2 Å². The summed E-state index contributed by atoms with van der Waals surface area (Å²) in [5, 5.41) is 4.66. The molecule has 0 bridgehead atoms. The number of aromatic nitrogens is 1. The predicted molar refractivity (Wildman–Crippen MR) is 78.5 cm³/mol. The van der Waals surface area contributed by atoms with Crippen LogP contribution in [0.2, 0.25) is 0 Å². The molecule has 4 heteroatoms. The standard InChI is InChI=1S/C14H19N3S/c1-10-5-3-7-12-13(10)16-14(18-12)15-11-6-4-8-17(2)9-11/h3,5,7,11H,4,6,8-9H2,1-2H3,(H,15,16). The Labute approximate surface area is 112 Å². The van der Waals surface area contributed by atoms with Gasteiger partial charge in [-0.25, -0.2) is 4.98 Å². The van der Waals surface area contributed by atoms with Crippen molar-refractivity contribution in [2.45, 2.75) is 25.8 Å². The van der Waals surface area contributed by atoms with Crippen LogP contribution in [0.1, 0.15) is 18.4 Å². The fraction of sp³-hybridized carbons (Fsp3) is 0.500. The Kier molecular flexibility index (Phi) is 3.22. The Hall–Kier alpha value is -1.13. The van der Waals surface area contributed by atoms with Gasteiger partial charge in [0.15, 0.2) is 5.13 Å². The number of hydrogen-bond donors (Lipinski definition) is 1. The molecule has 1 N–H and O–H groups in total. The smallest absolute Gasteiger partial charge is 0.184 e. The third kappa shape index (κ3) is 2.35. The molecule has 1 aromatic heterocycles. The summed E-state index contributed by atoms with van der Waals surface area (Å²) < 4.78 is 1.28. The van der Waals surface area contributed by atoms with E-state index in [0.29, 0.717) is 6.04 Å². The maximum Gasteiger partial charge on any atom is 0.184 e. The van der Waals surface area contributed by atoms with Crippen LogP contribution in [-0.4, -0.2) is 36.1 Å². The fourth-order valence-electron chi connectivity index (χ4n) is 2.61. The summed E-state index contributed by atoms with van der Waals surface area (Å²) in [6, 6.07) is 6.93. The number of likely N-dealkylation sites (N-methyl/N-ethyl adjacent to an activating group) is 1. The lowest BCUT2D eigenvalue weighted by atomic mass is 10.1. The molecule has 1 atom stereocenters. The Balaban J connectivity index is 1.80. The topological polar surface area (TPSA) is 28.2 Å². The molecule has 18 heavy (non-hydrogen) atoms. The van der Waals surface area contributed by atoms with E-state index in [-0.39, 0.29) is 0 Å². The van der Waals surface area contributed by atoms with Gasteiger partial charge in [0.1, 0.15) is 0 Å². The Morgan fingerprint density at radius 1 is 1.44 bits per heavy atom. The number of nitrogens with zero attached hydrogens (tertiary/aromatic N) is 2. The van der Waals surface area contributed by atoms with Crippen LogP contribution in [0.3, 0.4) is 0 Å². The van der Waals surface area contributed by atoms with Crippen LogP contribution in [0.25, 0.3) is 10.2 Å². The van der Waals surface area contributed by atoms with Crippen molar-refractivity contribution in [2.75, 3.05) is 25.5 Å². The van der Waals surface area contributed by atoms with Crippen LogP contribution in [-0.2, 0) is 0 Å². The number of thiazole rings is 1. The van der Waals surface area contributed by atoms with Crippen LogP contribution in [0.5, 0.6) is 0 Å². The molecule has 0 amide bonds. The summed E-state index contributed by atoms with van der Waals surface area (Å²) in [6.45, 7) is 4.46. The molecule has 1 fully saturated rings. The minimum absolute atomic E-state index is 0.546. The minimum Gasteiger partial charge on any atom is -0.357 e. The maximum absolute atomic E-state index is 4.72. The highest BCUT2D eigenvalue weighted by Gasteiger charge is 2.18. The molecule has 1 aliphatic heterocycles. The molecule has 2 heterocycles. The van der Waals surface area contributed by atoms with Gasteiger partial charge in [0.05, 0.1) is 10.2 Å². The summed E-state index contributed by atoms with van der Waals surface area (Å²) in [5.41, 5.74) is 2.41. The molecule has 2 aromatic rings. The molecule has 0 saturated carbocycles. The number of piperidine rings is 1. The normalized spacial score (nSPS) is 21.3. The van der Waals surface area contributed by atoms with Gasteiger partial charge in [0, 0.05) is 12.6 Å². The van der Waals surface area contributed by atoms with E-state index >= 15 is 0 Å². The molecular formula is C14H19N3S. The summed E-state index contributed by atoms with van der Waals surface area (Å²) >= 11 is 1.77. The number of rotatable bonds is 2. The number of anilines is 1. The van der Waals surface area contributed by atoms with Crippen molar-refractivity contribution in [3.8, 4) is 0 Å². The largest absolute Gasteiger partial charge is 0.357 e. The van der Waals surface area contributed by atoms with Crippen molar-refractivity contribution in [2.24, 2.45) is 0 Å². The molecule has 96 valence electrons. The molecule has 0 radical (unpaired) electrons. The quantitative estimate of drug-likeness (QED) is 0.900. The number of nitrogens with one attached hydrogen (secondary N) is 1. The molecule has 3 nitrogen and oxygen atoms in total. The lowest BCUT2D eigenvalue weighted by Crippen LogP contribution is -2.39. The van der Waals surface area contributed by atoms with E-state index in [0.717, 1.165) is 17.2 Å². The maximum atomic E-state index is 4.72. The fourth-order valence-corrected chi connectivity index (χ4v) is 3.63. The van der Waals surface area contributed by atoms with Gasteiger partial charge in [-0.05, 0) is 45.0 Å². The van der Waals surface area contributed by atoms with Crippen molar-refractivity contribution >= 4 is 26.7 Å². The molecule has 3 rings (SSSR count). The first-order valence-corrected chi connectivity index (χ1v) is 7.35. The number of fused-ring (bicyclic) bond motifs is 1. The SMILES string of the molecule is Cc1cccc2sc(NC3CCCN(C)C3)nc12. The van der Waals surface area contributed by atoms with Crippen LogP contribution in [0.15, 0.2) is 18.2 Å². The molecule has 0 spiro atoms. The zero-order valence-corrected chi connectivity index (χ0v) is 11.8. The Morgan fingerprint density at radius 2 is 2.33 bits per heavy atom. The molecule has 1 unspecified atom stereocenters. The lowest BCUT2D eigenvalue weighted by molar-refractivity contribution is 0.261. The molecule has 1 aliphatic rings. The van der Waals surface area contributed by atoms with Gasteiger partial charge in [0.2, 0.25) is 0 Å². The van der Waals surface area contributed by atoms with Crippen LogP contribution >= 0.6 is 11.3 Å². The molecule has 1 aromatic carbocycles. The van der Waals surface area contributed by atoms with Gasteiger partial charge in [-0.15, -0.1) is 0 Å². The van der Waals surface area contributed by atoms with E-state index in [1.165, 1.54) is 29.6 Å². The summed E-state index contributed by atoms with van der Waals surface area (Å²) in [7, 11) is 2.19. The monoisotopic (exact) mass is 261 g/mol. The van der Waals surface area contributed by atoms with Crippen molar-refractivity contribution in [1.29, 1.82) is 0 Å². The minimum atomic E-state index is 0.546. The van der Waals surface area contributed by atoms with E-state index in [4.69, 9.17) is 4.98 Å². The van der Waals surface area contributed by atoms with Crippen LogP contribution in [0.4, 0.5) is 5.13 Å². The zero-order valence-electron chi connectivity index (χ0n) is 10.9. The Morgan fingerprint density at radius 3 is 3.11 bits per heavy atom. The van der Waals surface area contributed by atoms with Crippen molar-refractivity contribution in [3.05, 3.63) is 23.8 Å². The van der Waals surface area contributed by atoms with E-state index in [9.17, 15) is 0 Å². The third-order valence-electron chi connectivity index (χ3n) is 3.57. The summed E-state index contributed by atoms with van der Waals surface area (Å²) in [6.07, 6.45) is 2.53. The highest BCUT2D eigenvalue weighted by atomic mass is 32.1. The van der Waals surface area contributed by atoms with Gasteiger partial charge in [-0.3, -0.25) is 0 Å². The van der Waals surface area contributed by atoms with Crippen LogP contribution in [0, 0.1) is 6.92 Å². The van der Waals surface area contributed by atoms with Crippen LogP contribution < -0.4 is 5.32 Å². The summed E-state index contributed by atoms with van der Waals surface area (Å²) in [4.78, 5) is 7.11. The number of benzene rings is 1. The van der Waals surface area contributed by atoms with Crippen molar-refractivity contribution in [1.82, 2.24) is 9.88 Å². The molecule has 1 saturated heterocycles. The highest BCUT2D eigenvalue weighted by molar-refractivity contribution is 7.22. The number of hydrogen-bond acceptors (Lipinski definition) is 4. The number of para-hydroxylation sites is 1. The van der Waals surface area contributed by atoms with Gasteiger partial charge in [-0.2, -0.15) is 0 Å². The van der Waals surface area contributed by atoms with Crippen molar-refractivity contribution in [3.63, 3.8) is 0 Å². The van der Waals surface area contributed by atoms with Gasteiger partial charge in [-0.1, -0.05) is 23.5 Å². The first-order chi connectivity index (χ1) is 8.72. The molecule has 0 aliphatic carbocycles. The average molecular weight is 261 g/mol. The number of aryl methyl sites for hydroxylation is 1. The highest BCUT2D eigenvalue weighted by Crippen LogP contribution is 2.29. The second kappa shape index (κ2) is 4.86. The first kappa shape index (κ1) is 11.9. The first-order valence-electron chi connectivity index (χ1n) is 6.53. The van der Waals surface area contributed by atoms with E-state index < -0.39 is 0 Å². The lowest BCUT2D eigenvalue weighted by Gasteiger charge is -2.29. The average Bonchev–Trinajstić information content (AvgIpc) is 2.73. The third-order valence-corrected chi connectivity index (χ3v) is 4.52. The van der Waals surface area contributed by atoms with E-state index in [1.54, 1.807) is 11.3 Å². The Bertz CT molecular complexity index is 549. The predicted octanol–water partition coefficient (Wildman–Crippen LogP) is 3.11. The van der Waals surface area contributed by atoms with E-state index in [2.05, 4.69) is 42.4 Å². The molecular weight excluding hydrogens is 242 g/mol. The van der Waals surface area contributed by atoms with Gasteiger partial charge in [0.25, 0.3) is 0 Å². The van der Waals surface area contributed by atoms with Gasteiger partial charge >= 0.3 is 0 Å². The van der Waals surface area contributed by atoms with E-state index in [1.807, 2.05) is 0 Å². The number of likely N-dealkylation sites (tertiary alicyclic amines) is 1. The zero-order chi connectivity index (χ0) is 12.5. The second-order valence-corrected chi connectivity index (χ2v) is 6.22. The second-order valence-electron chi connectivity index (χ2n) is 5.19. The summed E-state index contributed by atoms with van der Waals surface area (Å²) in [5.74, 6) is 0.